The van der Waals surface area contributed by atoms with Crippen LogP contribution in [0.3, 0.4) is 0 Å². The second-order valence-electron chi connectivity index (χ2n) is 4.84. The van der Waals surface area contributed by atoms with Gasteiger partial charge >= 0.3 is 0 Å². The number of fused-ring (bicyclic) bond motifs is 1. The number of nitrogens with one attached hydrogen (secondary N) is 2. The van der Waals surface area contributed by atoms with Crippen molar-refractivity contribution in [2.24, 2.45) is 7.05 Å². The van der Waals surface area contributed by atoms with Crippen LogP contribution >= 0.6 is 12.2 Å². The minimum Gasteiger partial charge on any atom is -0.383 e. The predicted molar refractivity (Wildman–Crippen MR) is 87.0 cm³/mol. The largest absolute Gasteiger partial charge is 0.383 e. The van der Waals surface area contributed by atoms with E-state index in [1.54, 1.807) is 7.11 Å². The number of methoxy groups -OCH3 is 1. The first kappa shape index (κ1) is 14.8. The number of benzene rings is 1. The van der Waals surface area contributed by atoms with Crippen molar-refractivity contribution in [2.45, 2.75) is 13.5 Å². The van der Waals surface area contributed by atoms with E-state index in [1.165, 1.54) is 22.2 Å². The fourth-order valence-electron chi connectivity index (χ4n) is 2.16. The lowest BCUT2D eigenvalue weighted by molar-refractivity contribution is 0.204. The number of thiocarbonyl (C=S) groups is 1. The molecule has 0 saturated carbocycles. The summed E-state index contributed by atoms with van der Waals surface area (Å²) >= 11 is 5.21. The molecule has 0 bridgehead atoms. The Morgan fingerprint density at radius 1 is 1.30 bits per heavy atom. The number of rotatable bonds is 5. The van der Waals surface area contributed by atoms with Crippen LogP contribution in [0.1, 0.15) is 11.3 Å². The second kappa shape index (κ2) is 6.72. The summed E-state index contributed by atoms with van der Waals surface area (Å²) < 4.78 is 7.16. The van der Waals surface area contributed by atoms with Gasteiger partial charge in [0.25, 0.3) is 0 Å². The lowest BCUT2D eigenvalue weighted by Crippen LogP contribution is -2.36. The van der Waals surface area contributed by atoms with Crippen LogP contribution in [-0.4, -0.2) is 29.9 Å². The van der Waals surface area contributed by atoms with Gasteiger partial charge in [-0.05, 0) is 42.9 Å². The third-order valence-corrected chi connectivity index (χ3v) is 3.68. The van der Waals surface area contributed by atoms with Gasteiger partial charge in [0.2, 0.25) is 0 Å². The molecule has 0 aliphatic heterocycles. The van der Waals surface area contributed by atoms with E-state index >= 15 is 0 Å². The maximum absolute atomic E-state index is 5.21. The van der Waals surface area contributed by atoms with Gasteiger partial charge < -0.3 is 19.9 Å². The summed E-state index contributed by atoms with van der Waals surface area (Å²) in [6.45, 7) is 4.21. The summed E-state index contributed by atoms with van der Waals surface area (Å²) in [6, 6.07) is 8.69. The van der Waals surface area contributed by atoms with E-state index in [-0.39, 0.29) is 0 Å². The summed E-state index contributed by atoms with van der Waals surface area (Å²) in [5, 5.41) is 8.22. The lowest BCUT2D eigenvalue weighted by Gasteiger charge is -2.10. The average molecular weight is 291 g/mol. The van der Waals surface area contributed by atoms with E-state index in [4.69, 9.17) is 17.0 Å². The first-order chi connectivity index (χ1) is 9.61. The van der Waals surface area contributed by atoms with E-state index in [0.717, 1.165) is 13.1 Å². The first-order valence-corrected chi connectivity index (χ1v) is 7.08. The number of aryl methyl sites for hydroxylation is 2. The fraction of sp³-hybridized carbons (Fsp3) is 0.400. The van der Waals surface area contributed by atoms with E-state index in [1.807, 2.05) is 0 Å². The van der Waals surface area contributed by atoms with Gasteiger partial charge in [-0.1, -0.05) is 6.07 Å². The minimum atomic E-state index is 0.650. The summed E-state index contributed by atoms with van der Waals surface area (Å²) in [5.41, 5.74) is 3.74. The Labute approximate surface area is 125 Å². The molecule has 0 amide bonds. The highest BCUT2D eigenvalue weighted by Gasteiger charge is 2.03. The van der Waals surface area contributed by atoms with Crippen molar-refractivity contribution in [2.75, 3.05) is 20.3 Å². The van der Waals surface area contributed by atoms with Gasteiger partial charge in [0, 0.05) is 43.8 Å². The predicted octanol–water partition coefficient (Wildman–Crippen LogP) is 2.10. The lowest BCUT2D eigenvalue weighted by atomic mass is 10.1. The van der Waals surface area contributed by atoms with Crippen LogP contribution in [0.15, 0.2) is 24.3 Å². The molecule has 1 heterocycles. The number of hydrogen-bond acceptors (Lipinski definition) is 2. The molecule has 1 aromatic carbocycles. The fourth-order valence-corrected chi connectivity index (χ4v) is 2.33. The number of ether oxygens (including phenoxy) is 1. The monoisotopic (exact) mass is 291 g/mol. The molecule has 5 heteroatoms. The van der Waals surface area contributed by atoms with Crippen molar-refractivity contribution in [1.82, 2.24) is 15.2 Å². The van der Waals surface area contributed by atoms with Crippen molar-refractivity contribution in [3.05, 3.63) is 35.5 Å². The van der Waals surface area contributed by atoms with E-state index in [2.05, 4.69) is 53.4 Å². The Balaban J connectivity index is 1.95. The van der Waals surface area contributed by atoms with Gasteiger partial charge in [-0.3, -0.25) is 0 Å². The molecule has 0 spiro atoms. The van der Waals surface area contributed by atoms with Gasteiger partial charge in [0.05, 0.1) is 6.61 Å². The minimum absolute atomic E-state index is 0.650. The normalized spacial score (nSPS) is 10.8. The molecule has 0 radical (unpaired) electrons. The summed E-state index contributed by atoms with van der Waals surface area (Å²) in [7, 11) is 3.76. The molecule has 1 aromatic heterocycles. The van der Waals surface area contributed by atoms with Crippen molar-refractivity contribution in [3.8, 4) is 0 Å². The second-order valence-corrected chi connectivity index (χ2v) is 5.25. The van der Waals surface area contributed by atoms with Gasteiger partial charge in [0.15, 0.2) is 5.11 Å². The molecule has 0 unspecified atom stereocenters. The highest BCUT2D eigenvalue weighted by molar-refractivity contribution is 7.80. The van der Waals surface area contributed by atoms with Crippen LogP contribution < -0.4 is 10.6 Å². The molecule has 4 nitrogen and oxygen atoms in total. The zero-order valence-electron chi connectivity index (χ0n) is 12.2. The Kier molecular flexibility index (Phi) is 4.98. The van der Waals surface area contributed by atoms with Crippen LogP contribution in [0.2, 0.25) is 0 Å². The van der Waals surface area contributed by atoms with Crippen LogP contribution in [0.25, 0.3) is 10.9 Å². The van der Waals surface area contributed by atoms with Gasteiger partial charge in [-0.2, -0.15) is 0 Å². The summed E-state index contributed by atoms with van der Waals surface area (Å²) in [5.74, 6) is 0. The van der Waals surface area contributed by atoms with Crippen LogP contribution in [-0.2, 0) is 18.3 Å². The molecule has 20 heavy (non-hydrogen) atoms. The van der Waals surface area contributed by atoms with Gasteiger partial charge in [0.1, 0.15) is 0 Å². The highest BCUT2D eigenvalue weighted by Crippen LogP contribution is 2.19. The van der Waals surface area contributed by atoms with E-state index in [9.17, 15) is 0 Å². The summed E-state index contributed by atoms with van der Waals surface area (Å²) in [6.07, 6.45) is 0. The molecule has 2 rings (SSSR count). The third-order valence-electron chi connectivity index (χ3n) is 3.39. The highest BCUT2D eigenvalue weighted by atomic mass is 32.1. The van der Waals surface area contributed by atoms with Crippen LogP contribution in [0.4, 0.5) is 0 Å². The number of hydrogen-bond donors (Lipinski definition) is 2. The van der Waals surface area contributed by atoms with E-state index < -0.39 is 0 Å². The Morgan fingerprint density at radius 3 is 2.85 bits per heavy atom. The Morgan fingerprint density at radius 2 is 2.10 bits per heavy atom. The van der Waals surface area contributed by atoms with Crippen LogP contribution in [0.5, 0.6) is 0 Å². The molecule has 108 valence electrons. The van der Waals surface area contributed by atoms with Crippen LogP contribution in [0, 0.1) is 6.92 Å². The van der Waals surface area contributed by atoms with Crippen molar-refractivity contribution in [3.63, 3.8) is 0 Å². The zero-order chi connectivity index (χ0) is 14.5. The molecular weight excluding hydrogens is 270 g/mol. The maximum Gasteiger partial charge on any atom is 0.166 e. The topological polar surface area (TPSA) is 38.2 Å². The molecular formula is C15H21N3OS. The van der Waals surface area contributed by atoms with Crippen molar-refractivity contribution >= 4 is 28.2 Å². The standard InChI is InChI=1S/C15H21N3OS/c1-11-8-13-9-12(4-5-14(13)18(11)2)10-17-15(20)16-6-7-19-3/h4-5,8-9H,6-7,10H2,1-3H3,(H2,16,17,20). The Bertz CT molecular complexity index is 606. The molecule has 0 aliphatic rings. The average Bonchev–Trinajstić information content (AvgIpc) is 2.72. The van der Waals surface area contributed by atoms with Gasteiger partial charge in [-0.15, -0.1) is 0 Å². The molecule has 2 N–H and O–H groups in total. The van der Waals surface area contributed by atoms with Crippen molar-refractivity contribution < 1.29 is 4.74 Å². The molecule has 2 aromatic rings. The summed E-state index contributed by atoms with van der Waals surface area (Å²) in [4.78, 5) is 0. The number of aromatic nitrogens is 1. The first-order valence-electron chi connectivity index (χ1n) is 6.67. The quantitative estimate of drug-likeness (QED) is 0.653. The zero-order valence-corrected chi connectivity index (χ0v) is 13.0. The molecule has 0 aliphatic carbocycles. The van der Waals surface area contributed by atoms with Gasteiger partial charge in [-0.25, -0.2) is 0 Å². The molecule has 0 fully saturated rings. The molecule has 0 atom stereocenters. The maximum atomic E-state index is 5.21. The van der Waals surface area contributed by atoms with E-state index in [0.29, 0.717) is 11.7 Å². The number of nitrogens with zero attached hydrogens (tertiary/aromatic N) is 1. The Hall–Kier alpha value is -1.59. The SMILES string of the molecule is COCCNC(=S)NCc1ccc2c(c1)cc(C)n2C. The molecule has 0 saturated heterocycles. The smallest absolute Gasteiger partial charge is 0.166 e. The van der Waals surface area contributed by atoms with Crippen molar-refractivity contribution in [1.29, 1.82) is 0 Å². The third kappa shape index (κ3) is 3.49.